The summed E-state index contributed by atoms with van der Waals surface area (Å²) in [5, 5.41) is 5.23. The van der Waals surface area contributed by atoms with Crippen LogP contribution in [0.25, 0.3) is 21.5 Å². The summed E-state index contributed by atoms with van der Waals surface area (Å²) < 4.78 is 0. The van der Waals surface area contributed by atoms with Crippen molar-refractivity contribution in [3.8, 4) is 0 Å². The van der Waals surface area contributed by atoms with Gasteiger partial charge in [0.15, 0.2) is 0 Å². The molecule has 0 aromatic heterocycles. The standard InChI is InChI=1S/C19H19/c1-2-3-4-13-19-17-11-7-5-9-15(17)14-16-10-6-8-12-18(16)19/h5-12H,2-4,13H2,1H3. The molecule has 0 fully saturated rings. The van der Waals surface area contributed by atoms with Crippen molar-refractivity contribution in [2.24, 2.45) is 0 Å². The van der Waals surface area contributed by atoms with Crippen molar-refractivity contribution in [3.63, 3.8) is 0 Å². The first-order valence-electron chi connectivity index (χ1n) is 7.22. The first-order valence-corrected chi connectivity index (χ1v) is 7.22. The molecule has 0 spiro atoms. The SMILES string of the molecule is CCCCCc1c2ccccc2[c]c2ccccc12. The van der Waals surface area contributed by atoms with E-state index >= 15 is 0 Å². The zero-order chi connectivity index (χ0) is 13.1. The maximum Gasteiger partial charge on any atom is -0.00141 e. The molecule has 3 aromatic rings. The predicted molar refractivity (Wildman–Crippen MR) is 83.5 cm³/mol. The van der Waals surface area contributed by atoms with Gasteiger partial charge in [0.25, 0.3) is 0 Å². The number of fused-ring (bicyclic) bond motifs is 2. The van der Waals surface area contributed by atoms with Crippen LogP contribution in [0.5, 0.6) is 0 Å². The Hall–Kier alpha value is -1.82. The fourth-order valence-electron chi connectivity index (χ4n) is 2.82. The lowest BCUT2D eigenvalue weighted by Gasteiger charge is -2.11. The molecule has 0 heteroatoms. The van der Waals surface area contributed by atoms with Crippen LogP contribution >= 0.6 is 0 Å². The van der Waals surface area contributed by atoms with Crippen molar-refractivity contribution in [1.29, 1.82) is 0 Å². The Kier molecular flexibility index (Phi) is 3.50. The second kappa shape index (κ2) is 5.44. The number of rotatable bonds is 4. The Morgan fingerprint density at radius 1 is 0.789 bits per heavy atom. The summed E-state index contributed by atoms with van der Waals surface area (Å²) in [6, 6.07) is 20.8. The van der Waals surface area contributed by atoms with Gasteiger partial charge in [-0.1, -0.05) is 68.3 Å². The van der Waals surface area contributed by atoms with Crippen LogP contribution in [-0.4, -0.2) is 0 Å². The molecule has 0 heterocycles. The smallest absolute Gasteiger partial charge is 0.00141 e. The van der Waals surface area contributed by atoms with Crippen LogP contribution in [0, 0.1) is 6.07 Å². The average molecular weight is 247 g/mol. The molecule has 0 saturated heterocycles. The number of hydrogen-bond donors (Lipinski definition) is 0. The van der Waals surface area contributed by atoms with Gasteiger partial charge >= 0.3 is 0 Å². The summed E-state index contributed by atoms with van der Waals surface area (Å²) in [7, 11) is 0. The maximum atomic E-state index is 3.54. The zero-order valence-corrected chi connectivity index (χ0v) is 11.4. The highest BCUT2D eigenvalue weighted by molar-refractivity contribution is 6.01. The van der Waals surface area contributed by atoms with Gasteiger partial charge in [-0.25, -0.2) is 0 Å². The molecule has 0 aliphatic rings. The van der Waals surface area contributed by atoms with E-state index in [4.69, 9.17) is 0 Å². The molecule has 95 valence electrons. The van der Waals surface area contributed by atoms with E-state index in [-0.39, 0.29) is 0 Å². The third kappa shape index (κ3) is 2.35. The summed E-state index contributed by atoms with van der Waals surface area (Å²) in [6.45, 7) is 2.26. The number of aryl methyl sites for hydroxylation is 1. The van der Waals surface area contributed by atoms with Crippen LogP contribution in [0.2, 0.25) is 0 Å². The van der Waals surface area contributed by atoms with Crippen LogP contribution < -0.4 is 0 Å². The minimum Gasteiger partial charge on any atom is -0.0654 e. The topological polar surface area (TPSA) is 0 Å². The molecule has 0 aliphatic heterocycles. The number of benzene rings is 3. The van der Waals surface area contributed by atoms with Gasteiger partial charge in [-0.05, 0) is 46.0 Å². The molecule has 0 atom stereocenters. The lowest BCUT2D eigenvalue weighted by molar-refractivity contribution is 0.721. The quantitative estimate of drug-likeness (QED) is 0.420. The second-order valence-corrected chi connectivity index (χ2v) is 5.15. The van der Waals surface area contributed by atoms with Crippen LogP contribution in [0.1, 0.15) is 31.7 Å². The summed E-state index contributed by atoms with van der Waals surface area (Å²) in [5.74, 6) is 0. The van der Waals surface area contributed by atoms with Gasteiger partial charge in [-0.3, -0.25) is 0 Å². The van der Waals surface area contributed by atoms with E-state index in [9.17, 15) is 0 Å². The first-order chi connectivity index (χ1) is 9.40. The Morgan fingerprint density at radius 3 is 1.95 bits per heavy atom. The van der Waals surface area contributed by atoms with Gasteiger partial charge in [0.1, 0.15) is 0 Å². The van der Waals surface area contributed by atoms with E-state index in [0.717, 1.165) is 0 Å². The van der Waals surface area contributed by atoms with Crippen molar-refractivity contribution in [3.05, 3.63) is 60.2 Å². The van der Waals surface area contributed by atoms with Gasteiger partial charge in [0.2, 0.25) is 0 Å². The molecule has 19 heavy (non-hydrogen) atoms. The summed E-state index contributed by atoms with van der Waals surface area (Å²) in [6.07, 6.45) is 5.02. The van der Waals surface area contributed by atoms with E-state index in [2.05, 4.69) is 61.5 Å². The normalized spacial score (nSPS) is 11.2. The maximum absolute atomic E-state index is 3.54. The van der Waals surface area contributed by atoms with Crippen molar-refractivity contribution in [2.45, 2.75) is 32.6 Å². The molecule has 0 aliphatic carbocycles. The Balaban J connectivity index is 2.21. The highest BCUT2D eigenvalue weighted by atomic mass is 14.1. The third-order valence-corrected chi connectivity index (χ3v) is 3.80. The van der Waals surface area contributed by atoms with Gasteiger partial charge in [0.05, 0.1) is 0 Å². The predicted octanol–water partition coefficient (Wildman–Crippen LogP) is 5.53. The van der Waals surface area contributed by atoms with Gasteiger partial charge < -0.3 is 0 Å². The molecular weight excluding hydrogens is 228 g/mol. The minimum absolute atomic E-state index is 1.17. The van der Waals surface area contributed by atoms with Crippen molar-refractivity contribution >= 4 is 21.5 Å². The van der Waals surface area contributed by atoms with E-state index in [1.165, 1.54) is 52.8 Å². The summed E-state index contributed by atoms with van der Waals surface area (Å²) >= 11 is 0. The van der Waals surface area contributed by atoms with Crippen molar-refractivity contribution in [2.75, 3.05) is 0 Å². The fourth-order valence-corrected chi connectivity index (χ4v) is 2.82. The van der Waals surface area contributed by atoms with Crippen LogP contribution in [0.4, 0.5) is 0 Å². The van der Waals surface area contributed by atoms with Crippen molar-refractivity contribution < 1.29 is 0 Å². The van der Waals surface area contributed by atoms with E-state index < -0.39 is 0 Å². The highest BCUT2D eigenvalue weighted by Crippen LogP contribution is 2.29. The molecule has 0 saturated carbocycles. The summed E-state index contributed by atoms with van der Waals surface area (Å²) in [5.41, 5.74) is 1.50. The van der Waals surface area contributed by atoms with E-state index in [0.29, 0.717) is 0 Å². The monoisotopic (exact) mass is 247 g/mol. The third-order valence-electron chi connectivity index (χ3n) is 3.80. The average Bonchev–Trinajstić information content (AvgIpc) is 2.46. The van der Waals surface area contributed by atoms with E-state index in [1.54, 1.807) is 0 Å². The van der Waals surface area contributed by atoms with Crippen LogP contribution in [-0.2, 0) is 6.42 Å². The highest BCUT2D eigenvalue weighted by Gasteiger charge is 2.06. The molecule has 0 amide bonds. The lowest BCUT2D eigenvalue weighted by Crippen LogP contribution is -1.91. The summed E-state index contributed by atoms with van der Waals surface area (Å²) in [4.78, 5) is 0. The molecular formula is C19H19. The molecule has 1 radical (unpaired) electrons. The molecule has 0 bridgehead atoms. The van der Waals surface area contributed by atoms with Crippen LogP contribution in [0.3, 0.4) is 0 Å². The Bertz CT molecular complexity index is 641. The largest absolute Gasteiger partial charge is 0.0654 e. The van der Waals surface area contributed by atoms with E-state index in [1.807, 2.05) is 0 Å². The number of hydrogen-bond acceptors (Lipinski definition) is 0. The molecule has 0 N–H and O–H groups in total. The van der Waals surface area contributed by atoms with Crippen molar-refractivity contribution in [1.82, 2.24) is 0 Å². The molecule has 0 unspecified atom stereocenters. The lowest BCUT2D eigenvalue weighted by atomic mass is 9.93. The second-order valence-electron chi connectivity index (χ2n) is 5.15. The fraction of sp³-hybridized carbons (Fsp3) is 0.263. The molecule has 3 rings (SSSR count). The molecule has 0 nitrogen and oxygen atoms in total. The van der Waals surface area contributed by atoms with Crippen LogP contribution in [0.15, 0.2) is 48.5 Å². The molecule has 3 aromatic carbocycles. The Morgan fingerprint density at radius 2 is 1.37 bits per heavy atom. The first kappa shape index (κ1) is 12.2. The Labute approximate surface area is 115 Å². The van der Waals surface area contributed by atoms with Gasteiger partial charge in [-0.15, -0.1) is 0 Å². The van der Waals surface area contributed by atoms with Gasteiger partial charge in [-0.2, -0.15) is 0 Å². The number of unbranched alkanes of at least 4 members (excludes halogenated alkanes) is 2. The minimum atomic E-state index is 1.17. The van der Waals surface area contributed by atoms with Gasteiger partial charge in [0, 0.05) is 0 Å². The zero-order valence-electron chi connectivity index (χ0n) is 11.4.